The first-order valence-corrected chi connectivity index (χ1v) is 8.59. The van der Waals surface area contributed by atoms with Crippen molar-refractivity contribution in [2.75, 3.05) is 0 Å². The fourth-order valence-electron chi connectivity index (χ4n) is 2.22. The second-order valence-electron chi connectivity index (χ2n) is 4.08. The van der Waals surface area contributed by atoms with Crippen LogP contribution in [0.2, 0.25) is 0 Å². The third kappa shape index (κ3) is 2.06. The molecule has 0 aromatic carbocycles. The Balaban J connectivity index is 1.94. The average molecular weight is 217 g/mol. The third-order valence-corrected chi connectivity index (χ3v) is 8.75. The quantitative estimate of drug-likeness (QED) is 0.426. The number of nitrogens with zero attached hydrogens (tertiary/aromatic N) is 1. The Morgan fingerprint density at radius 2 is 1.58 bits per heavy atom. The molecule has 70 valence electrons. The summed E-state index contributed by atoms with van der Waals surface area (Å²) in [6, 6.07) is 1.69. The number of rotatable bonds is 0. The minimum absolute atomic E-state index is 0.0232. The first kappa shape index (κ1) is 9.10. The maximum atomic E-state index is 3.81. The highest BCUT2D eigenvalue weighted by atomic mass is 28.3. The molecule has 1 saturated heterocycles. The van der Waals surface area contributed by atoms with Crippen LogP contribution in [-0.4, -0.2) is 46.1 Å². The third-order valence-electron chi connectivity index (χ3n) is 3.01. The Hall–Kier alpha value is 0.531. The summed E-state index contributed by atoms with van der Waals surface area (Å²) in [5, 5.41) is 0. The van der Waals surface area contributed by atoms with Gasteiger partial charge in [0.1, 0.15) is 0 Å². The molecule has 0 aromatic heterocycles. The van der Waals surface area contributed by atoms with E-state index in [0.717, 1.165) is 12.1 Å². The molecule has 1 aliphatic heterocycles. The molecule has 0 bridgehead atoms. The van der Waals surface area contributed by atoms with Gasteiger partial charge in [-0.15, -0.1) is 0 Å². The van der Waals surface area contributed by atoms with Gasteiger partial charge in [-0.1, -0.05) is 12.8 Å². The summed E-state index contributed by atoms with van der Waals surface area (Å²) in [5.41, 5.74) is 0. The van der Waals surface area contributed by atoms with E-state index in [0.29, 0.717) is 0 Å². The van der Waals surface area contributed by atoms with Crippen molar-refractivity contribution in [3.05, 3.63) is 0 Å². The summed E-state index contributed by atoms with van der Waals surface area (Å²) in [6.45, 7) is 0. The second-order valence-corrected chi connectivity index (χ2v) is 12.4. The van der Waals surface area contributed by atoms with Crippen LogP contribution in [0, 0.1) is 0 Å². The zero-order valence-electron chi connectivity index (χ0n) is 7.84. The molecule has 2 aliphatic rings. The van der Waals surface area contributed by atoms with Crippen LogP contribution >= 0.6 is 0 Å². The van der Waals surface area contributed by atoms with Crippen molar-refractivity contribution in [3.63, 3.8) is 0 Å². The molecule has 0 aromatic rings. The molecule has 2 atom stereocenters. The van der Waals surface area contributed by atoms with E-state index in [1.54, 1.807) is 0 Å². The van der Waals surface area contributed by atoms with Crippen LogP contribution in [0.3, 0.4) is 0 Å². The van der Waals surface area contributed by atoms with E-state index in [-0.39, 0.29) is 19.7 Å². The van der Waals surface area contributed by atoms with Gasteiger partial charge in [0, 0.05) is 12.1 Å². The lowest BCUT2D eigenvalue weighted by molar-refractivity contribution is 0.348. The Kier molecular flexibility index (Phi) is 3.16. The van der Waals surface area contributed by atoms with Crippen LogP contribution in [0.5, 0.6) is 0 Å². The largest absolute Gasteiger partial charge is 0.361 e. The molecular formula is C6H19N3Si3. The predicted molar refractivity (Wildman–Crippen MR) is 61.2 cm³/mol. The molecule has 0 amide bonds. The van der Waals surface area contributed by atoms with Gasteiger partial charge >= 0.3 is 0 Å². The van der Waals surface area contributed by atoms with Gasteiger partial charge in [0.2, 0.25) is 0 Å². The number of nitrogens with one attached hydrogen (secondary N) is 2. The van der Waals surface area contributed by atoms with Gasteiger partial charge in [-0.2, -0.15) is 0 Å². The Morgan fingerprint density at radius 1 is 1.08 bits per heavy atom. The molecule has 3 nitrogen and oxygen atoms in total. The molecule has 12 heavy (non-hydrogen) atoms. The van der Waals surface area contributed by atoms with E-state index < -0.39 is 0 Å². The maximum Gasteiger partial charge on any atom is 0.157 e. The summed E-state index contributed by atoms with van der Waals surface area (Å²) in [7, 11) is 1.24. The van der Waals surface area contributed by atoms with Crippen molar-refractivity contribution in [1.29, 1.82) is 0 Å². The van der Waals surface area contributed by atoms with Crippen molar-refractivity contribution < 1.29 is 0 Å². The topological polar surface area (TPSA) is 27.3 Å². The number of hydrogen-bond donors (Lipinski definition) is 2. The number of hydrogen-bond acceptors (Lipinski definition) is 3. The van der Waals surface area contributed by atoms with E-state index >= 15 is 0 Å². The summed E-state index contributed by atoms with van der Waals surface area (Å²) in [4.78, 5) is 7.61. The first-order chi connectivity index (χ1) is 5.86. The number of fused-ring (bicyclic) bond motifs is 1. The molecule has 0 radical (unpaired) electrons. The van der Waals surface area contributed by atoms with Gasteiger partial charge < -0.3 is 13.9 Å². The lowest BCUT2D eigenvalue weighted by Gasteiger charge is -2.30. The summed E-state index contributed by atoms with van der Waals surface area (Å²) < 4.78 is 2.71. The van der Waals surface area contributed by atoms with Crippen LogP contribution in [0.1, 0.15) is 25.7 Å². The summed E-state index contributed by atoms with van der Waals surface area (Å²) in [5.74, 6) is 0. The fourth-order valence-corrected chi connectivity index (χ4v) is 6.61. The highest BCUT2D eigenvalue weighted by Gasteiger charge is 2.26. The SMILES string of the molecule is [SiH3]N1[SiH2]NC2CCCCC2N[SiH2]1. The van der Waals surface area contributed by atoms with Crippen LogP contribution in [0.15, 0.2) is 0 Å². The van der Waals surface area contributed by atoms with Crippen molar-refractivity contribution >= 4 is 30.1 Å². The van der Waals surface area contributed by atoms with Crippen molar-refractivity contribution in [1.82, 2.24) is 13.9 Å². The van der Waals surface area contributed by atoms with E-state index in [4.69, 9.17) is 0 Å². The Morgan fingerprint density at radius 3 is 2.08 bits per heavy atom. The molecular weight excluding hydrogens is 198 g/mol. The predicted octanol–water partition coefficient (Wildman–Crippen LogP) is -2.93. The van der Waals surface area contributed by atoms with E-state index in [9.17, 15) is 0 Å². The highest BCUT2D eigenvalue weighted by Crippen LogP contribution is 2.18. The molecule has 6 heteroatoms. The molecule has 1 saturated carbocycles. The zero-order chi connectivity index (χ0) is 8.39. The molecule has 2 unspecified atom stereocenters. The van der Waals surface area contributed by atoms with Gasteiger partial charge in [-0.3, -0.25) is 0 Å². The lowest BCUT2D eigenvalue weighted by Crippen LogP contribution is -2.48. The van der Waals surface area contributed by atoms with Crippen LogP contribution < -0.4 is 9.96 Å². The van der Waals surface area contributed by atoms with E-state index in [1.807, 2.05) is 0 Å². The Bertz CT molecular complexity index is 141. The highest BCUT2D eigenvalue weighted by molar-refractivity contribution is 6.58. The molecule has 2 N–H and O–H groups in total. The average Bonchev–Trinajstić information content (AvgIpc) is 2.29. The van der Waals surface area contributed by atoms with Gasteiger partial charge in [0.15, 0.2) is 19.7 Å². The van der Waals surface area contributed by atoms with Gasteiger partial charge in [-0.25, -0.2) is 0 Å². The monoisotopic (exact) mass is 217 g/mol. The van der Waals surface area contributed by atoms with E-state index in [2.05, 4.69) is 13.9 Å². The molecule has 2 rings (SSSR count). The van der Waals surface area contributed by atoms with Crippen molar-refractivity contribution in [3.8, 4) is 0 Å². The normalized spacial score (nSPS) is 43.0. The van der Waals surface area contributed by atoms with Gasteiger partial charge in [0.25, 0.3) is 0 Å². The minimum Gasteiger partial charge on any atom is -0.361 e. The van der Waals surface area contributed by atoms with E-state index in [1.165, 1.54) is 36.1 Å². The Labute approximate surface area is 82.1 Å². The van der Waals surface area contributed by atoms with Crippen LogP contribution in [0.4, 0.5) is 0 Å². The van der Waals surface area contributed by atoms with Crippen LogP contribution in [-0.2, 0) is 0 Å². The zero-order valence-corrected chi connectivity index (χ0v) is 12.7. The molecule has 1 heterocycles. The van der Waals surface area contributed by atoms with Crippen molar-refractivity contribution in [2.24, 2.45) is 0 Å². The fraction of sp³-hybridized carbons (Fsp3) is 1.00. The first-order valence-electron chi connectivity index (χ1n) is 5.01. The molecule has 1 aliphatic carbocycles. The summed E-state index contributed by atoms with van der Waals surface area (Å²) in [6.07, 6.45) is 5.75. The van der Waals surface area contributed by atoms with Gasteiger partial charge in [-0.05, 0) is 12.8 Å². The van der Waals surface area contributed by atoms with Crippen LogP contribution in [0.25, 0.3) is 0 Å². The maximum absolute atomic E-state index is 3.81. The molecule has 2 fully saturated rings. The standard InChI is InChI=1S/C6H19N3Si3/c10-9-11-7-5-3-1-2-4-6(5)8-12-9/h5-8H,1-4,11-12H2,10H3. The molecule has 0 spiro atoms. The van der Waals surface area contributed by atoms with Crippen molar-refractivity contribution in [2.45, 2.75) is 37.8 Å². The van der Waals surface area contributed by atoms with Gasteiger partial charge in [0.05, 0.1) is 10.4 Å². The second kappa shape index (κ2) is 4.16. The smallest absolute Gasteiger partial charge is 0.157 e. The summed E-state index contributed by atoms with van der Waals surface area (Å²) >= 11 is 0. The lowest BCUT2D eigenvalue weighted by atomic mass is 9.92. The minimum atomic E-state index is -0.0232.